The molecule has 2 rings (SSSR count). The van der Waals surface area contributed by atoms with Crippen molar-refractivity contribution in [3.63, 3.8) is 0 Å². The zero-order valence-corrected chi connectivity index (χ0v) is 9.39. The molecule has 3 nitrogen and oxygen atoms in total. The molecule has 1 aromatic rings. The van der Waals surface area contributed by atoms with Crippen LogP contribution in [0, 0.1) is 0 Å². The minimum atomic E-state index is 0.700. The second-order valence-electron chi connectivity index (χ2n) is 3.88. The van der Waals surface area contributed by atoms with Crippen molar-refractivity contribution in [3.8, 4) is 0 Å². The monoisotopic (exact) mass is 211 g/mol. The molecule has 78 valence electrons. The third-order valence-electron chi connectivity index (χ3n) is 2.78. The molecule has 0 unspecified atom stereocenters. The molecule has 1 atom stereocenters. The fourth-order valence-corrected chi connectivity index (χ4v) is 2.56. The molecule has 0 aliphatic carbocycles. The van der Waals surface area contributed by atoms with Crippen molar-refractivity contribution in [2.75, 3.05) is 20.1 Å². The van der Waals surface area contributed by atoms with E-state index in [-0.39, 0.29) is 0 Å². The molecule has 1 aliphatic rings. The van der Waals surface area contributed by atoms with Crippen LogP contribution in [0.15, 0.2) is 11.7 Å². The minimum Gasteiger partial charge on any atom is -0.315 e. The fourth-order valence-electron chi connectivity index (χ4n) is 1.90. The van der Waals surface area contributed by atoms with Gasteiger partial charge in [0, 0.05) is 30.2 Å². The molecule has 0 saturated carbocycles. The van der Waals surface area contributed by atoms with E-state index in [1.54, 1.807) is 11.3 Å². The Morgan fingerprint density at radius 1 is 1.71 bits per heavy atom. The maximum atomic E-state index is 4.10. The molecule has 1 aromatic heterocycles. The summed E-state index contributed by atoms with van der Waals surface area (Å²) < 4.78 is 0. The maximum Gasteiger partial charge on any atom is 0.0794 e. The van der Waals surface area contributed by atoms with Gasteiger partial charge in [-0.25, -0.2) is 0 Å². The van der Waals surface area contributed by atoms with Gasteiger partial charge in [0.2, 0.25) is 0 Å². The second kappa shape index (κ2) is 4.87. The lowest BCUT2D eigenvalue weighted by Gasteiger charge is -2.31. The number of rotatable bonds is 3. The van der Waals surface area contributed by atoms with E-state index in [2.05, 4.69) is 22.2 Å². The van der Waals surface area contributed by atoms with Crippen molar-refractivity contribution in [1.29, 1.82) is 0 Å². The number of aromatic nitrogens is 1. The Hall–Kier alpha value is -0.450. The molecule has 1 saturated heterocycles. The van der Waals surface area contributed by atoms with Crippen LogP contribution in [0.1, 0.15) is 17.7 Å². The van der Waals surface area contributed by atoms with Crippen molar-refractivity contribution >= 4 is 11.3 Å². The summed E-state index contributed by atoms with van der Waals surface area (Å²) in [6.45, 7) is 3.36. The van der Waals surface area contributed by atoms with Crippen LogP contribution in [0.4, 0.5) is 0 Å². The maximum absolute atomic E-state index is 4.10. The topological polar surface area (TPSA) is 28.2 Å². The lowest BCUT2D eigenvalue weighted by molar-refractivity contribution is 0.197. The van der Waals surface area contributed by atoms with Gasteiger partial charge in [0.05, 0.1) is 5.51 Å². The number of piperidine rings is 1. The Morgan fingerprint density at radius 2 is 2.64 bits per heavy atom. The van der Waals surface area contributed by atoms with Gasteiger partial charge >= 0.3 is 0 Å². The van der Waals surface area contributed by atoms with Gasteiger partial charge < -0.3 is 5.32 Å². The molecular weight excluding hydrogens is 194 g/mol. The number of nitrogens with zero attached hydrogens (tertiary/aromatic N) is 2. The van der Waals surface area contributed by atoms with Gasteiger partial charge in [-0.3, -0.25) is 9.88 Å². The molecule has 4 heteroatoms. The Morgan fingerprint density at radius 3 is 3.29 bits per heavy atom. The van der Waals surface area contributed by atoms with E-state index in [0.717, 1.165) is 13.1 Å². The first kappa shape index (κ1) is 10.1. The van der Waals surface area contributed by atoms with Gasteiger partial charge in [-0.15, -0.1) is 11.3 Å². The highest BCUT2D eigenvalue weighted by atomic mass is 32.1. The van der Waals surface area contributed by atoms with Crippen LogP contribution in [0.25, 0.3) is 0 Å². The van der Waals surface area contributed by atoms with Crippen molar-refractivity contribution in [2.24, 2.45) is 0 Å². The summed E-state index contributed by atoms with van der Waals surface area (Å²) in [5.41, 5.74) is 1.91. The molecule has 0 radical (unpaired) electrons. The quantitative estimate of drug-likeness (QED) is 0.817. The van der Waals surface area contributed by atoms with E-state index >= 15 is 0 Å². The zero-order chi connectivity index (χ0) is 9.80. The molecule has 0 bridgehead atoms. The third-order valence-corrected chi connectivity index (χ3v) is 3.55. The molecular formula is C10H17N3S. The van der Waals surface area contributed by atoms with E-state index in [9.17, 15) is 0 Å². The van der Waals surface area contributed by atoms with Crippen LogP contribution in [-0.2, 0) is 6.54 Å². The zero-order valence-electron chi connectivity index (χ0n) is 8.57. The minimum absolute atomic E-state index is 0.700. The van der Waals surface area contributed by atoms with Gasteiger partial charge in [0.25, 0.3) is 0 Å². The lowest BCUT2D eigenvalue weighted by atomic mass is 10.1. The van der Waals surface area contributed by atoms with Crippen LogP contribution < -0.4 is 5.32 Å². The second-order valence-corrected chi connectivity index (χ2v) is 4.85. The van der Waals surface area contributed by atoms with Crippen LogP contribution in [0.3, 0.4) is 0 Å². The highest BCUT2D eigenvalue weighted by Crippen LogP contribution is 2.14. The van der Waals surface area contributed by atoms with E-state index < -0.39 is 0 Å². The first-order valence-electron chi connectivity index (χ1n) is 5.14. The average Bonchev–Trinajstić information content (AvgIpc) is 2.72. The van der Waals surface area contributed by atoms with E-state index in [1.807, 2.05) is 11.7 Å². The standard InChI is InChI=1S/C10H17N3S/c1-13(7-10-6-12-8-14-10)9-3-2-4-11-5-9/h6,8-9,11H,2-5,7H2,1H3/t9-/m0/s1. The summed E-state index contributed by atoms with van der Waals surface area (Å²) in [5.74, 6) is 0. The van der Waals surface area contributed by atoms with Gasteiger partial charge in [-0.2, -0.15) is 0 Å². The van der Waals surface area contributed by atoms with Crippen LogP contribution in [0.2, 0.25) is 0 Å². The molecule has 14 heavy (non-hydrogen) atoms. The Labute approximate surface area is 89.1 Å². The van der Waals surface area contributed by atoms with Gasteiger partial charge in [-0.05, 0) is 26.4 Å². The molecule has 1 N–H and O–H groups in total. The summed E-state index contributed by atoms with van der Waals surface area (Å²) in [7, 11) is 2.21. The first-order chi connectivity index (χ1) is 6.86. The fraction of sp³-hybridized carbons (Fsp3) is 0.700. The van der Waals surface area contributed by atoms with E-state index in [0.29, 0.717) is 6.04 Å². The summed E-state index contributed by atoms with van der Waals surface area (Å²) in [5, 5.41) is 3.44. The predicted molar refractivity (Wildman–Crippen MR) is 59.5 cm³/mol. The Bertz CT molecular complexity index is 254. The van der Waals surface area contributed by atoms with Crippen LogP contribution in [-0.4, -0.2) is 36.1 Å². The summed E-state index contributed by atoms with van der Waals surface area (Å²) >= 11 is 1.74. The number of thiazole rings is 1. The molecule has 0 spiro atoms. The van der Waals surface area contributed by atoms with Gasteiger partial charge in [-0.1, -0.05) is 0 Å². The SMILES string of the molecule is CN(Cc1cncs1)[C@H]1CCCNC1. The smallest absolute Gasteiger partial charge is 0.0794 e. The summed E-state index contributed by atoms with van der Waals surface area (Å²) in [4.78, 5) is 7.89. The van der Waals surface area contributed by atoms with E-state index in [4.69, 9.17) is 0 Å². The molecule has 1 aliphatic heterocycles. The molecule has 1 fully saturated rings. The lowest BCUT2D eigenvalue weighted by Crippen LogP contribution is -2.43. The highest BCUT2D eigenvalue weighted by Gasteiger charge is 2.17. The average molecular weight is 211 g/mol. The summed E-state index contributed by atoms with van der Waals surface area (Å²) in [6, 6.07) is 0.700. The van der Waals surface area contributed by atoms with Crippen molar-refractivity contribution < 1.29 is 0 Å². The van der Waals surface area contributed by atoms with E-state index in [1.165, 1.54) is 24.3 Å². The summed E-state index contributed by atoms with van der Waals surface area (Å²) in [6.07, 6.45) is 4.59. The molecule has 0 amide bonds. The number of nitrogens with one attached hydrogen (secondary N) is 1. The van der Waals surface area contributed by atoms with Gasteiger partial charge in [0.1, 0.15) is 0 Å². The predicted octanol–water partition coefficient (Wildman–Crippen LogP) is 1.33. The number of hydrogen-bond acceptors (Lipinski definition) is 4. The Kier molecular flexibility index (Phi) is 3.50. The molecule has 0 aromatic carbocycles. The first-order valence-corrected chi connectivity index (χ1v) is 6.02. The highest BCUT2D eigenvalue weighted by molar-refractivity contribution is 7.09. The Balaban J connectivity index is 1.85. The van der Waals surface area contributed by atoms with Gasteiger partial charge in [0.15, 0.2) is 0 Å². The molecule has 2 heterocycles. The number of hydrogen-bond donors (Lipinski definition) is 1. The number of likely N-dealkylation sites (N-methyl/N-ethyl adjacent to an activating group) is 1. The largest absolute Gasteiger partial charge is 0.315 e. The van der Waals surface area contributed by atoms with Crippen LogP contribution in [0.5, 0.6) is 0 Å². The van der Waals surface area contributed by atoms with Crippen molar-refractivity contribution in [3.05, 3.63) is 16.6 Å². The van der Waals surface area contributed by atoms with Crippen molar-refractivity contribution in [1.82, 2.24) is 15.2 Å². The third kappa shape index (κ3) is 2.53. The van der Waals surface area contributed by atoms with Crippen molar-refractivity contribution in [2.45, 2.75) is 25.4 Å². The normalized spacial score (nSPS) is 22.9. The van der Waals surface area contributed by atoms with Crippen LogP contribution >= 0.6 is 11.3 Å².